The van der Waals surface area contributed by atoms with Gasteiger partial charge in [-0.2, -0.15) is 18.2 Å². The number of carbonyl (C=O) groups excluding carboxylic acids is 2. The van der Waals surface area contributed by atoms with E-state index in [4.69, 9.17) is 0 Å². The van der Waals surface area contributed by atoms with E-state index in [2.05, 4.69) is 64.8 Å². The van der Waals surface area contributed by atoms with Crippen molar-refractivity contribution in [3.05, 3.63) is 65.4 Å². The van der Waals surface area contributed by atoms with Crippen LogP contribution in [0.4, 0.5) is 45.1 Å². The fraction of sp³-hybridized carbons (Fsp3) is 0.617. The summed E-state index contributed by atoms with van der Waals surface area (Å²) in [5.41, 5.74) is 0.515. The third-order valence-electron chi connectivity index (χ3n) is 12.6. The molecule has 3 saturated heterocycles. The molecular weight excluding hydrogens is 822 g/mol. The monoisotopic (exact) mass is 887 g/mol. The van der Waals surface area contributed by atoms with E-state index < -0.39 is 29.4 Å². The number of carbonyl (C=O) groups is 2. The smallest absolute Gasteiger partial charge is 0.371 e. The molecule has 0 saturated carbocycles. The number of halogens is 5. The highest BCUT2D eigenvalue weighted by atomic mass is 32.2. The van der Waals surface area contributed by atoms with Gasteiger partial charge < -0.3 is 15.1 Å². The zero-order valence-electron chi connectivity index (χ0n) is 37.2. The van der Waals surface area contributed by atoms with Gasteiger partial charge in [-0.1, -0.05) is 73.3 Å². The highest BCUT2D eigenvalue weighted by Gasteiger charge is 2.38. The van der Waals surface area contributed by atoms with E-state index in [9.17, 15) is 27.2 Å². The molecule has 3 aliphatic heterocycles. The Labute approximate surface area is 369 Å². The van der Waals surface area contributed by atoms with Crippen molar-refractivity contribution in [2.45, 2.75) is 142 Å². The van der Waals surface area contributed by atoms with Gasteiger partial charge in [-0.25, -0.2) is 13.8 Å². The Kier molecular flexibility index (Phi) is 18.3. The first-order valence-electron chi connectivity index (χ1n) is 22.6. The Morgan fingerprint density at radius 3 is 2.29 bits per heavy atom. The summed E-state index contributed by atoms with van der Waals surface area (Å²) < 4.78 is 74.2. The van der Waals surface area contributed by atoms with Crippen LogP contribution in [0.3, 0.4) is 0 Å². The van der Waals surface area contributed by atoms with Crippen LogP contribution in [-0.2, 0) is 15.8 Å². The summed E-state index contributed by atoms with van der Waals surface area (Å²) in [6.07, 6.45) is 7.69. The largest absolute Gasteiger partial charge is 0.421 e. The number of rotatable bonds is 16. The maximum Gasteiger partial charge on any atom is 0.421 e. The summed E-state index contributed by atoms with van der Waals surface area (Å²) >= 11 is 1.42. The van der Waals surface area contributed by atoms with Crippen molar-refractivity contribution in [2.75, 3.05) is 41.3 Å². The number of alkyl halides is 3. The summed E-state index contributed by atoms with van der Waals surface area (Å²) in [6, 6.07) is 10.2. The molecule has 4 heterocycles. The van der Waals surface area contributed by atoms with Crippen LogP contribution in [0.2, 0.25) is 0 Å². The van der Waals surface area contributed by atoms with Gasteiger partial charge in [0.25, 0.3) is 0 Å². The van der Waals surface area contributed by atoms with Gasteiger partial charge in [0.1, 0.15) is 23.0 Å². The zero-order valence-corrected chi connectivity index (χ0v) is 38.0. The van der Waals surface area contributed by atoms with Crippen LogP contribution in [0.5, 0.6) is 0 Å². The van der Waals surface area contributed by atoms with Crippen LogP contribution in [0.25, 0.3) is 0 Å². The van der Waals surface area contributed by atoms with E-state index in [1.54, 1.807) is 23.1 Å². The molecule has 2 amide bonds. The lowest BCUT2D eigenvalue weighted by Crippen LogP contribution is -2.39. The summed E-state index contributed by atoms with van der Waals surface area (Å²) in [6.45, 7) is 16.1. The summed E-state index contributed by atoms with van der Waals surface area (Å²) in [5.74, 6) is -0.0672. The van der Waals surface area contributed by atoms with Crippen LogP contribution in [-0.4, -0.2) is 54.0 Å². The molecule has 3 aliphatic rings. The van der Waals surface area contributed by atoms with Crippen LogP contribution < -0.4 is 25.2 Å². The zero-order chi connectivity index (χ0) is 45.0. The first-order chi connectivity index (χ1) is 29.6. The van der Waals surface area contributed by atoms with Crippen molar-refractivity contribution in [2.24, 2.45) is 23.7 Å². The van der Waals surface area contributed by atoms with E-state index >= 15 is 4.39 Å². The number of piperidine rings is 3. The van der Waals surface area contributed by atoms with Crippen LogP contribution in [0, 0.1) is 35.3 Å². The molecule has 3 N–H and O–H groups in total. The van der Waals surface area contributed by atoms with Crippen molar-refractivity contribution in [1.82, 2.24) is 20.0 Å². The number of hydrogen-bond donors (Lipinski definition) is 3. The third kappa shape index (κ3) is 14.0. The standard InChI is InChI=1S/C29H43F4N5S.C18H23FN2O2/c1-6-9-20(4)15-22(14-19(3)7-2)37-39-23-11-12-26(25(30)16-23)35-28-34-17-24(29(31,32)33)27(36-28)38-13-8-10-21(5)18-38;1-2-12-7-9-21(10-8-12)13-3-4-14(16(19)11-13)15-5-6-17(22)20-18(15)23/h11-12,16-17,19-22,37H,6-10,13-15,18H2,1-5H3,(H,34,35,36);3-4,11-12,15H,2,5-10H2,1H3,(H,20,22,23). The SMILES string of the molecule is CCC1CCN(c2ccc(C3CCC(=O)NC3=O)c(F)c2)CC1.CCCC(C)CC(CC(C)CC)NSc1ccc(Nc2ncc(C(F)(F)F)c(N3CCCC(C)C3)n2)c(F)c1. The minimum atomic E-state index is -4.58. The van der Waals surface area contributed by atoms with E-state index in [-0.39, 0.29) is 41.5 Å². The maximum absolute atomic E-state index is 15.1. The average Bonchev–Trinajstić information content (AvgIpc) is 3.24. The molecule has 0 bridgehead atoms. The van der Waals surface area contributed by atoms with Gasteiger partial charge in [-0.05, 0) is 111 Å². The van der Waals surface area contributed by atoms with Crippen molar-refractivity contribution in [3.8, 4) is 0 Å². The molecule has 0 aliphatic carbocycles. The number of imide groups is 1. The van der Waals surface area contributed by atoms with E-state index in [0.717, 1.165) is 87.2 Å². The summed E-state index contributed by atoms with van der Waals surface area (Å²) in [7, 11) is 0. The van der Waals surface area contributed by atoms with Crippen molar-refractivity contribution < 1.29 is 31.5 Å². The molecule has 0 radical (unpaired) electrons. The van der Waals surface area contributed by atoms with E-state index in [1.807, 2.05) is 13.0 Å². The fourth-order valence-corrected chi connectivity index (χ4v) is 9.51. The number of amides is 2. The molecule has 6 rings (SSSR count). The Morgan fingerprint density at radius 2 is 1.66 bits per heavy atom. The second-order valence-electron chi connectivity index (χ2n) is 17.7. The second-order valence-corrected chi connectivity index (χ2v) is 18.6. The molecule has 3 fully saturated rings. The minimum Gasteiger partial charge on any atom is -0.371 e. The number of nitrogens with zero attached hydrogens (tertiary/aromatic N) is 4. The molecule has 5 unspecified atom stereocenters. The van der Waals surface area contributed by atoms with Gasteiger partial charge in [-0.3, -0.25) is 19.6 Å². The molecule has 0 spiro atoms. The normalized spacial score (nSPS) is 20.2. The second kappa shape index (κ2) is 23.1. The summed E-state index contributed by atoms with van der Waals surface area (Å²) in [4.78, 5) is 35.8. The Morgan fingerprint density at radius 1 is 0.919 bits per heavy atom. The van der Waals surface area contributed by atoms with Gasteiger partial charge in [0.2, 0.25) is 17.8 Å². The topological polar surface area (TPSA) is 102 Å². The van der Waals surface area contributed by atoms with Crippen molar-refractivity contribution >= 4 is 46.9 Å². The molecule has 15 heteroatoms. The van der Waals surface area contributed by atoms with Gasteiger partial charge >= 0.3 is 6.18 Å². The number of anilines is 4. The molecular formula is C47H66F5N7O2S. The number of nitrogens with one attached hydrogen (secondary N) is 3. The Balaban J connectivity index is 0.000000267. The van der Waals surface area contributed by atoms with E-state index in [1.165, 1.54) is 36.9 Å². The molecule has 2 aromatic carbocycles. The van der Waals surface area contributed by atoms with Crippen LogP contribution >= 0.6 is 11.9 Å². The lowest BCUT2D eigenvalue weighted by atomic mass is 9.89. The fourth-order valence-electron chi connectivity index (χ4n) is 8.71. The third-order valence-corrected chi connectivity index (χ3v) is 13.5. The average molecular weight is 888 g/mol. The van der Waals surface area contributed by atoms with Gasteiger partial charge in [-0.15, -0.1) is 0 Å². The van der Waals surface area contributed by atoms with Gasteiger partial charge in [0.15, 0.2) is 0 Å². The molecule has 9 nitrogen and oxygen atoms in total. The summed E-state index contributed by atoms with van der Waals surface area (Å²) in [5, 5.41) is 5.08. The predicted octanol–water partition coefficient (Wildman–Crippen LogP) is 11.8. The Bertz CT molecular complexity index is 1930. The van der Waals surface area contributed by atoms with Crippen molar-refractivity contribution in [1.29, 1.82) is 0 Å². The molecule has 1 aromatic heterocycles. The lowest BCUT2D eigenvalue weighted by Gasteiger charge is -2.33. The number of hydrogen-bond acceptors (Lipinski definition) is 9. The maximum atomic E-state index is 15.1. The quantitative estimate of drug-likeness (QED) is 0.0737. The highest BCUT2D eigenvalue weighted by molar-refractivity contribution is 7.97. The predicted molar refractivity (Wildman–Crippen MR) is 240 cm³/mol. The van der Waals surface area contributed by atoms with Crippen molar-refractivity contribution in [3.63, 3.8) is 0 Å². The first-order valence-corrected chi connectivity index (χ1v) is 23.5. The molecule has 62 heavy (non-hydrogen) atoms. The molecule has 5 atom stereocenters. The van der Waals surface area contributed by atoms with Gasteiger partial charge in [0.05, 0.1) is 11.6 Å². The van der Waals surface area contributed by atoms with E-state index in [0.29, 0.717) is 43.0 Å². The molecule has 342 valence electrons. The van der Waals surface area contributed by atoms with Crippen LogP contribution in [0.1, 0.15) is 136 Å². The first kappa shape index (κ1) is 49.0. The van der Waals surface area contributed by atoms with Crippen LogP contribution in [0.15, 0.2) is 47.5 Å². The highest BCUT2D eigenvalue weighted by Crippen LogP contribution is 2.38. The number of benzene rings is 2. The molecule has 3 aromatic rings. The minimum absolute atomic E-state index is 0.0628. The lowest BCUT2D eigenvalue weighted by molar-refractivity contribution is -0.138. The number of aromatic nitrogens is 2. The van der Waals surface area contributed by atoms with Gasteiger partial charge in [0, 0.05) is 61.0 Å². The Hall–Kier alpha value is -3.98.